The first-order valence-electron chi connectivity index (χ1n) is 3.83. The summed E-state index contributed by atoms with van der Waals surface area (Å²) < 4.78 is 0.752. The maximum Gasteiger partial charge on any atom is 0.130 e. The lowest BCUT2D eigenvalue weighted by Gasteiger charge is -2.07. The highest BCUT2D eigenvalue weighted by Gasteiger charge is 2.05. The van der Waals surface area contributed by atoms with Crippen LogP contribution in [0.2, 0.25) is 0 Å². The van der Waals surface area contributed by atoms with Crippen LogP contribution in [0.1, 0.15) is 12.5 Å². The molecular weight excluding hydrogens is 218 g/mol. The van der Waals surface area contributed by atoms with Crippen LogP contribution >= 0.6 is 15.9 Å². The van der Waals surface area contributed by atoms with Crippen molar-refractivity contribution in [3.8, 4) is 5.75 Å². The van der Waals surface area contributed by atoms with Crippen LogP contribution < -0.4 is 5.73 Å². The summed E-state index contributed by atoms with van der Waals surface area (Å²) in [7, 11) is 0. The highest BCUT2D eigenvalue weighted by atomic mass is 79.9. The topological polar surface area (TPSA) is 46.2 Å². The Hall–Kier alpha value is -0.540. The van der Waals surface area contributed by atoms with Crippen LogP contribution in [0, 0.1) is 0 Å². The molecule has 0 aliphatic carbocycles. The van der Waals surface area contributed by atoms with Gasteiger partial charge in [-0.1, -0.05) is 12.1 Å². The van der Waals surface area contributed by atoms with Crippen molar-refractivity contribution in [3.05, 3.63) is 28.2 Å². The van der Waals surface area contributed by atoms with Crippen molar-refractivity contribution in [3.63, 3.8) is 0 Å². The lowest BCUT2D eigenvalue weighted by Crippen LogP contribution is -2.17. The van der Waals surface area contributed by atoms with Crippen LogP contribution in [0.15, 0.2) is 22.7 Å². The molecule has 0 radical (unpaired) electrons. The summed E-state index contributed by atoms with van der Waals surface area (Å²) in [6, 6.07) is 5.53. The minimum atomic E-state index is 0.114. The molecule has 2 nitrogen and oxygen atoms in total. The lowest BCUT2D eigenvalue weighted by atomic mass is 10.1. The zero-order valence-corrected chi connectivity index (χ0v) is 8.51. The third kappa shape index (κ3) is 2.22. The Kier molecular flexibility index (Phi) is 3.12. The Morgan fingerprint density at radius 1 is 1.58 bits per heavy atom. The number of rotatable bonds is 2. The summed E-state index contributed by atoms with van der Waals surface area (Å²) in [6.07, 6.45) is 0.773. The number of aromatic hydroxyl groups is 1. The zero-order chi connectivity index (χ0) is 9.14. The fourth-order valence-electron chi connectivity index (χ4n) is 1.07. The third-order valence-corrected chi connectivity index (χ3v) is 2.52. The maximum absolute atomic E-state index is 9.33. The largest absolute Gasteiger partial charge is 0.507 e. The molecule has 0 bridgehead atoms. The van der Waals surface area contributed by atoms with E-state index in [2.05, 4.69) is 15.9 Å². The van der Waals surface area contributed by atoms with Crippen molar-refractivity contribution in [2.75, 3.05) is 0 Å². The van der Waals surface area contributed by atoms with Gasteiger partial charge in [0.2, 0.25) is 0 Å². The first-order valence-corrected chi connectivity index (χ1v) is 4.62. The minimum Gasteiger partial charge on any atom is -0.507 e. The maximum atomic E-state index is 9.33. The average molecular weight is 230 g/mol. The van der Waals surface area contributed by atoms with E-state index in [0.717, 1.165) is 16.5 Å². The van der Waals surface area contributed by atoms with Gasteiger partial charge in [0.1, 0.15) is 5.75 Å². The number of benzene rings is 1. The molecule has 0 fully saturated rings. The summed E-state index contributed by atoms with van der Waals surface area (Å²) >= 11 is 3.30. The molecule has 0 saturated heterocycles. The molecule has 1 aromatic rings. The fraction of sp³-hybridized carbons (Fsp3) is 0.333. The molecule has 0 aliphatic heterocycles. The molecule has 3 N–H and O–H groups in total. The first kappa shape index (κ1) is 9.55. The Bertz CT molecular complexity index is 273. The van der Waals surface area contributed by atoms with Gasteiger partial charge in [-0.15, -0.1) is 0 Å². The van der Waals surface area contributed by atoms with Gasteiger partial charge in [0.15, 0.2) is 0 Å². The number of halogens is 1. The molecule has 1 atom stereocenters. The smallest absolute Gasteiger partial charge is 0.130 e. The highest BCUT2D eigenvalue weighted by molar-refractivity contribution is 9.10. The molecule has 1 aromatic carbocycles. The van der Waals surface area contributed by atoms with Gasteiger partial charge in [-0.05, 0) is 40.9 Å². The monoisotopic (exact) mass is 229 g/mol. The van der Waals surface area contributed by atoms with Gasteiger partial charge in [-0.2, -0.15) is 0 Å². The molecule has 1 unspecified atom stereocenters. The van der Waals surface area contributed by atoms with Gasteiger partial charge in [0.05, 0.1) is 4.47 Å². The molecular formula is C9H12BrNO. The normalized spacial score (nSPS) is 12.9. The number of nitrogens with two attached hydrogens (primary N) is 1. The van der Waals surface area contributed by atoms with E-state index < -0.39 is 0 Å². The van der Waals surface area contributed by atoms with Crippen LogP contribution in [-0.2, 0) is 6.42 Å². The molecule has 0 saturated carbocycles. The second kappa shape index (κ2) is 3.92. The van der Waals surface area contributed by atoms with Crippen LogP contribution in [0.5, 0.6) is 5.75 Å². The minimum absolute atomic E-state index is 0.114. The second-order valence-electron chi connectivity index (χ2n) is 2.93. The first-order chi connectivity index (χ1) is 5.61. The molecule has 0 aliphatic rings. The second-order valence-corrected chi connectivity index (χ2v) is 3.72. The summed E-state index contributed by atoms with van der Waals surface area (Å²) in [6.45, 7) is 1.94. The molecule has 1 rings (SSSR count). The van der Waals surface area contributed by atoms with Crippen molar-refractivity contribution >= 4 is 15.9 Å². The van der Waals surface area contributed by atoms with Crippen molar-refractivity contribution < 1.29 is 5.11 Å². The summed E-state index contributed by atoms with van der Waals surface area (Å²) in [5, 5.41) is 9.33. The van der Waals surface area contributed by atoms with E-state index in [1.165, 1.54) is 0 Å². The van der Waals surface area contributed by atoms with Gasteiger partial charge < -0.3 is 10.8 Å². The lowest BCUT2D eigenvalue weighted by molar-refractivity contribution is 0.470. The predicted octanol–water partition coefficient (Wildman–Crippen LogP) is 2.04. The van der Waals surface area contributed by atoms with Gasteiger partial charge >= 0.3 is 0 Å². The van der Waals surface area contributed by atoms with Crippen molar-refractivity contribution in [2.45, 2.75) is 19.4 Å². The Morgan fingerprint density at radius 2 is 2.25 bits per heavy atom. The Morgan fingerprint density at radius 3 is 2.83 bits per heavy atom. The molecule has 3 heteroatoms. The van der Waals surface area contributed by atoms with Gasteiger partial charge in [0.25, 0.3) is 0 Å². The SMILES string of the molecule is CC(N)Cc1cccc(O)c1Br. The van der Waals surface area contributed by atoms with Crippen LogP contribution in [0.3, 0.4) is 0 Å². The van der Waals surface area contributed by atoms with Crippen LogP contribution in [-0.4, -0.2) is 11.1 Å². The highest BCUT2D eigenvalue weighted by Crippen LogP contribution is 2.27. The standard InChI is InChI=1S/C9H12BrNO/c1-6(11)5-7-3-2-4-8(12)9(7)10/h2-4,6,12H,5,11H2,1H3. The Labute approximate surface area is 80.5 Å². The van der Waals surface area contributed by atoms with E-state index in [1.807, 2.05) is 19.1 Å². The summed E-state index contributed by atoms with van der Waals surface area (Å²) in [5.41, 5.74) is 6.69. The van der Waals surface area contributed by atoms with Gasteiger partial charge in [-0.3, -0.25) is 0 Å². The van der Waals surface area contributed by atoms with Crippen molar-refractivity contribution in [2.24, 2.45) is 5.73 Å². The number of phenols is 1. The number of phenolic OH excluding ortho intramolecular Hbond substituents is 1. The molecule has 0 spiro atoms. The van der Waals surface area contributed by atoms with E-state index >= 15 is 0 Å². The molecule has 0 heterocycles. The predicted molar refractivity (Wildman–Crippen MR) is 53.2 cm³/mol. The summed E-state index contributed by atoms with van der Waals surface area (Å²) in [5.74, 6) is 0.271. The molecule has 12 heavy (non-hydrogen) atoms. The average Bonchev–Trinajstić information content (AvgIpc) is 1.98. The van der Waals surface area contributed by atoms with Crippen LogP contribution in [0.25, 0.3) is 0 Å². The van der Waals surface area contributed by atoms with Gasteiger partial charge in [0, 0.05) is 6.04 Å². The number of hydrogen-bond donors (Lipinski definition) is 2. The van der Waals surface area contributed by atoms with E-state index in [9.17, 15) is 5.11 Å². The van der Waals surface area contributed by atoms with Gasteiger partial charge in [-0.25, -0.2) is 0 Å². The van der Waals surface area contributed by atoms with E-state index in [0.29, 0.717) is 0 Å². The molecule has 66 valence electrons. The van der Waals surface area contributed by atoms with E-state index in [-0.39, 0.29) is 11.8 Å². The third-order valence-electron chi connectivity index (χ3n) is 1.60. The summed E-state index contributed by atoms with van der Waals surface area (Å²) in [4.78, 5) is 0. The zero-order valence-electron chi connectivity index (χ0n) is 6.92. The molecule has 0 amide bonds. The van der Waals surface area contributed by atoms with Crippen molar-refractivity contribution in [1.29, 1.82) is 0 Å². The number of hydrogen-bond acceptors (Lipinski definition) is 2. The van der Waals surface area contributed by atoms with Crippen molar-refractivity contribution in [1.82, 2.24) is 0 Å². The van der Waals surface area contributed by atoms with E-state index in [1.54, 1.807) is 6.07 Å². The quantitative estimate of drug-likeness (QED) is 0.816. The van der Waals surface area contributed by atoms with E-state index in [4.69, 9.17) is 5.73 Å². The molecule has 0 aromatic heterocycles. The Balaban J connectivity index is 2.92. The van der Waals surface area contributed by atoms with Crippen LogP contribution in [0.4, 0.5) is 0 Å². The fourth-order valence-corrected chi connectivity index (χ4v) is 1.50.